The number of aromatic nitrogens is 3. The van der Waals surface area contributed by atoms with Crippen molar-refractivity contribution in [1.82, 2.24) is 19.9 Å². The molecule has 0 saturated carbocycles. The van der Waals surface area contributed by atoms with E-state index in [4.69, 9.17) is 10.8 Å². The highest BCUT2D eigenvalue weighted by Crippen LogP contribution is 2.26. The summed E-state index contributed by atoms with van der Waals surface area (Å²) in [6.07, 6.45) is 3.67. The Morgan fingerprint density at radius 1 is 1.32 bits per heavy atom. The summed E-state index contributed by atoms with van der Waals surface area (Å²) < 4.78 is 0. The molecule has 0 unspecified atom stereocenters. The molecule has 0 spiro atoms. The SMILES string of the molecule is CN(CCO)C1CCN(c2ncnc3nc(N)ccc23)CC1. The second-order valence-electron chi connectivity index (χ2n) is 5.73. The number of aliphatic hydroxyl groups excluding tert-OH is 1. The average molecular weight is 302 g/mol. The van der Waals surface area contributed by atoms with Crippen LogP contribution >= 0.6 is 0 Å². The first kappa shape index (κ1) is 14.9. The largest absolute Gasteiger partial charge is 0.395 e. The molecule has 2 aromatic heterocycles. The Kier molecular flexibility index (Phi) is 4.35. The zero-order chi connectivity index (χ0) is 15.5. The summed E-state index contributed by atoms with van der Waals surface area (Å²) in [7, 11) is 2.07. The average Bonchev–Trinajstić information content (AvgIpc) is 2.54. The molecule has 3 heterocycles. The van der Waals surface area contributed by atoms with Gasteiger partial charge in [0, 0.05) is 25.7 Å². The molecule has 0 radical (unpaired) electrons. The van der Waals surface area contributed by atoms with Gasteiger partial charge >= 0.3 is 0 Å². The highest BCUT2D eigenvalue weighted by atomic mass is 16.3. The number of pyridine rings is 1. The lowest BCUT2D eigenvalue weighted by atomic mass is 10.0. The molecule has 0 amide bonds. The van der Waals surface area contributed by atoms with Crippen molar-refractivity contribution in [3.63, 3.8) is 0 Å². The van der Waals surface area contributed by atoms with Crippen molar-refractivity contribution >= 4 is 22.7 Å². The molecule has 1 fully saturated rings. The van der Waals surface area contributed by atoms with E-state index in [9.17, 15) is 0 Å². The number of hydrogen-bond acceptors (Lipinski definition) is 7. The van der Waals surface area contributed by atoms with Crippen molar-refractivity contribution in [2.45, 2.75) is 18.9 Å². The van der Waals surface area contributed by atoms with Gasteiger partial charge in [-0.3, -0.25) is 0 Å². The molecule has 1 aliphatic rings. The van der Waals surface area contributed by atoms with Crippen LogP contribution in [0.15, 0.2) is 18.5 Å². The van der Waals surface area contributed by atoms with Crippen LogP contribution in [0.5, 0.6) is 0 Å². The van der Waals surface area contributed by atoms with E-state index < -0.39 is 0 Å². The molecule has 0 bridgehead atoms. The molecule has 22 heavy (non-hydrogen) atoms. The van der Waals surface area contributed by atoms with Crippen molar-refractivity contribution in [2.75, 3.05) is 43.9 Å². The van der Waals surface area contributed by atoms with Crippen molar-refractivity contribution < 1.29 is 5.11 Å². The van der Waals surface area contributed by atoms with E-state index in [-0.39, 0.29) is 6.61 Å². The lowest BCUT2D eigenvalue weighted by Crippen LogP contribution is -2.44. The van der Waals surface area contributed by atoms with Gasteiger partial charge in [-0.15, -0.1) is 0 Å². The fourth-order valence-corrected chi connectivity index (χ4v) is 3.05. The molecule has 7 heteroatoms. The third-order valence-corrected chi connectivity index (χ3v) is 4.34. The van der Waals surface area contributed by atoms with Gasteiger partial charge in [-0.1, -0.05) is 0 Å². The van der Waals surface area contributed by atoms with Gasteiger partial charge in [-0.2, -0.15) is 0 Å². The Morgan fingerprint density at radius 3 is 2.82 bits per heavy atom. The zero-order valence-corrected chi connectivity index (χ0v) is 12.8. The molecule has 0 atom stereocenters. The summed E-state index contributed by atoms with van der Waals surface area (Å²) in [4.78, 5) is 17.4. The molecule has 2 aromatic rings. The summed E-state index contributed by atoms with van der Waals surface area (Å²) in [5, 5.41) is 10.00. The first-order valence-electron chi connectivity index (χ1n) is 7.62. The van der Waals surface area contributed by atoms with E-state index in [2.05, 4.69) is 31.8 Å². The summed E-state index contributed by atoms with van der Waals surface area (Å²) in [5.41, 5.74) is 6.36. The Labute approximate surface area is 129 Å². The highest BCUT2D eigenvalue weighted by molar-refractivity contribution is 5.87. The molecular formula is C15H22N6O. The Morgan fingerprint density at radius 2 is 2.09 bits per heavy atom. The maximum absolute atomic E-state index is 9.05. The van der Waals surface area contributed by atoms with Crippen LogP contribution in [-0.4, -0.2) is 64.3 Å². The van der Waals surface area contributed by atoms with E-state index in [0.29, 0.717) is 17.5 Å². The van der Waals surface area contributed by atoms with Gasteiger partial charge in [0.25, 0.3) is 0 Å². The van der Waals surface area contributed by atoms with Crippen LogP contribution < -0.4 is 10.6 Å². The second kappa shape index (κ2) is 6.41. The quantitative estimate of drug-likeness (QED) is 0.849. The number of nitrogens with two attached hydrogens (primary N) is 1. The molecule has 7 nitrogen and oxygen atoms in total. The maximum Gasteiger partial charge on any atom is 0.166 e. The molecule has 118 valence electrons. The van der Waals surface area contributed by atoms with Gasteiger partial charge in [0.1, 0.15) is 18.0 Å². The normalized spacial score (nSPS) is 16.6. The van der Waals surface area contributed by atoms with Crippen LogP contribution in [0.3, 0.4) is 0 Å². The molecule has 1 aliphatic heterocycles. The zero-order valence-electron chi connectivity index (χ0n) is 12.8. The summed E-state index contributed by atoms with van der Waals surface area (Å²) in [6, 6.07) is 4.25. The van der Waals surface area contributed by atoms with Crippen molar-refractivity contribution in [3.05, 3.63) is 18.5 Å². The smallest absolute Gasteiger partial charge is 0.166 e. The van der Waals surface area contributed by atoms with Crippen LogP contribution in [-0.2, 0) is 0 Å². The van der Waals surface area contributed by atoms with Crippen LogP contribution in [0.1, 0.15) is 12.8 Å². The number of nitrogen functional groups attached to an aromatic ring is 1. The first-order chi connectivity index (χ1) is 10.7. The van der Waals surface area contributed by atoms with Gasteiger partial charge < -0.3 is 20.6 Å². The summed E-state index contributed by atoms with van der Waals surface area (Å²) in [6.45, 7) is 2.82. The lowest BCUT2D eigenvalue weighted by molar-refractivity contribution is 0.161. The van der Waals surface area contributed by atoms with Crippen molar-refractivity contribution in [1.29, 1.82) is 0 Å². The van der Waals surface area contributed by atoms with E-state index in [1.807, 2.05) is 6.07 Å². The number of piperidine rings is 1. The molecule has 1 saturated heterocycles. The van der Waals surface area contributed by atoms with E-state index in [1.165, 1.54) is 0 Å². The fraction of sp³-hybridized carbons (Fsp3) is 0.533. The Balaban J connectivity index is 1.76. The predicted octanol–water partition coefficient (Wildman–Crippen LogP) is 0.500. The number of likely N-dealkylation sites (N-methyl/N-ethyl adjacent to an activating group) is 1. The standard InChI is InChI=1S/C15H22N6O/c1-20(8-9-22)11-4-6-21(7-5-11)15-12-2-3-13(16)19-14(12)17-10-18-15/h2-3,10-11,22H,4-9H2,1H3,(H2,16,17,18,19). The van der Waals surface area contributed by atoms with Crippen LogP contribution in [0.2, 0.25) is 0 Å². The molecule has 3 rings (SSSR count). The number of aliphatic hydroxyl groups is 1. The Bertz CT molecular complexity index is 641. The monoisotopic (exact) mass is 302 g/mol. The number of nitrogens with zero attached hydrogens (tertiary/aromatic N) is 5. The minimum Gasteiger partial charge on any atom is -0.395 e. The minimum atomic E-state index is 0.209. The van der Waals surface area contributed by atoms with Gasteiger partial charge in [0.15, 0.2) is 5.65 Å². The third-order valence-electron chi connectivity index (χ3n) is 4.34. The van der Waals surface area contributed by atoms with E-state index in [0.717, 1.165) is 43.7 Å². The number of rotatable bonds is 4. The first-order valence-corrected chi connectivity index (χ1v) is 7.62. The van der Waals surface area contributed by atoms with Gasteiger partial charge in [0.2, 0.25) is 0 Å². The van der Waals surface area contributed by atoms with E-state index in [1.54, 1.807) is 12.4 Å². The second-order valence-corrected chi connectivity index (χ2v) is 5.73. The predicted molar refractivity (Wildman–Crippen MR) is 86.7 cm³/mol. The fourth-order valence-electron chi connectivity index (χ4n) is 3.05. The lowest BCUT2D eigenvalue weighted by Gasteiger charge is -2.37. The van der Waals surface area contributed by atoms with Crippen LogP contribution in [0, 0.1) is 0 Å². The minimum absolute atomic E-state index is 0.209. The highest BCUT2D eigenvalue weighted by Gasteiger charge is 2.24. The summed E-state index contributed by atoms with van der Waals surface area (Å²) in [5.74, 6) is 1.40. The van der Waals surface area contributed by atoms with Gasteiger partial charge in [0.05, 0.1) is 12.0 Å². The summed E-state index contributed by atoms with van der Waals surface area (Å²) >= 11 is 0. The molecule has 0 aliphatic carbocycles. The Hall–Kier alpha value is -1.99. The van der Waals surface area contributed by atoms with Crippen LogP contribution in [0.25, 0.3) is 11.0 Å². The van der Waals surface area contributed by atoms with Gasteiger partial charge in [-0.25, -0.2) is 15.0 Å². The number of anilines is 2. The van der Waals surface area contributed by atoms with Crippen molar-refractivity contribution in [2.24, 2.45) is 0 Å². The third kappa shape index (κ3) is 2.95. The number of hydrogen-bond donors (Lipinski definition) is 2. The van der Waals surface area contributed by atoms with E-state index >= 15 is 0 Å². The number of fused-ring (bicyclic) bond motifs is 1. The van der Waals surface area contributed by atoms with Crippen molar-refractivity contribution in [3.8, 4) is 0 Å². The molecule has 0 aromatic carbocycles. The maximum atomic E-state index is 9.05. The van der Waals surface area contributed by atoms with Crippen LogP contribution in [0.4, 0.5) is 11.6 Å². The molecule has 3 N–H and O–H groups in total. The van der Waals surface area contributed by atoms with Gasteiger partial charge in [-0.05, 0) is 32.0 Å². The topological polar surface area (TPSA) is 91.4 Å². The molecular weight excluding hydrogens is 280 g/mol.